The zero-order valence-electron chi connectivity index (χ0n) is 29.3. The van der Waals surface area contributed by atoms with Gasteiger partial charge in [-0.25, -0.2) is 8.78 Å². The topological polar surface area (TPSA) is 6.48 Å². The number of benzene rings is 3. The maximum absolute atomic E-state index is 15.7. The average Bonchev–Trinajstić information content (AvgIpc) is 3.37. The van der Waals surface area contributed by atoms with Crippen LogP contribution in [0.15, 0.2) is 108 Å². The molecular formula is C42H49BF2N2. The lowest BCUT2D eigenvalue weighted by atomic mass is 9.58. The standard InChI is InChI=1S/C42H49BF2N2/c1-7-27-46-35-21-11-9-18-32(35)40(3,4)37(46)24-23-29-15-13-16-30(38(29)31-17-14-20-34(44)39(31)45)25-26-42(43)41(5,6)33-19-10-12-22-36(33)47(42)28-8-2/h9-12,14,17-26H,7-8,13,15-16,27-28,43H2,1-6H3/b26-25+,29-23+,37-24+. The Kier molecular flexibility index (Phi) is 8.89. The van der Waals surface area contributed by atoms with Crippen molar-refractivity contribution in [3.63, 3.8) is 0 Å². The lowest BCUT2D eigenvalue weighted by Gasteiger charge is -2.44. The van der Waals surface area contributed by atoms with Crippen molar-refractivity contribution >= 4 is 24.8 Å². The van der Waals surface area contributed by atoms with Gasteiger partial charge in [0.05, 0.1) is 0 Å². The summed E-state index contributed by atoms with van der Waals surface area (Å²) in [5, 5.41) is 0. The zero-order valence-corrected chi connectivity index (χ0v) is 29.3. The maximum atomic E-state index is 15.7. The van der Waals surface area contributed by atoms with Gasteiger partial charge in [0.25, 0.3) is 0 Å². The molecule has 0 fully saturated rings. The first-order valence-electron chi connectivity index (χ1n) is 17.5. The van der Waals surface area contributed by atoms with E-state index in [0.29, 0.717) is 5.56 Å². The molecule has 0 saturated carbocycles. The van der Waals surface area contributed by atoms with E-state index >= 15 is 4.39 Å². The molecule has 244 valence electrons. The summed E-state index contributed by atoms with van der Waals surface area (Å²) in [6.07, 6.45) is 13.7. The number of fused-ring (bicyclic) bond motifs is 2. The molecule has 1 atom stereocenters. The van der Waals surface area contributed by atoms with Crippen LogP contribution in [0.3, 0.4) is 0 Å². The van der Waals surface area contributed by atoms with Gasteiger partial charge >= 0.3 is 0 Å². The first-order valence-corrected chi connectivity index (χ1v) is 17.5. The quantitative estimate of drug-likeness (QED) is 0.229. The van der Waals surface area contributed by atoms with Crippen molar-refractivity contribution in [1.82, 2.24) is 0 Å². The lowest BCUT2D eigenvalue weighted by molar-refractivity contribution is 0.428. The van der Waals surface area contributed by atoms with Gasteiger partial charge in [0, 0.05) is 52.0 Å². The molecule has 0 radical (unpaired) electrons. The summed E-state index contributed by atoms with van der Waals surface area (Å²) < 4.78 is 30.6. The fourth-order valence-electron chi connectivity index (χ4n) is 8.32. The Morgan fingerprint density at radius 1 is 0.787 bits per heavy atom. The fraction of sp³-hybridized carbons (Fsp3) is 0.381. The van der Waals surface area contributed by atoms with Gasteiger partial charge in [-0.3, -0.25) is 0 Å². The maximum Gasteiger partial charge on any atom is 0.166 e. The highest BCUT2D eigenvalue weighted by Crippen LogP contribution is 2.52. The van der Waals surface area contributed by atoms with E-state index in [1.807, 2.05) is 0 Å². The van der Waals surface area contributed by atoms with Crippen LogP contribution in [0.1, 0.15) is 90.3 Å². The van der Waals surface area contributed by atoms with Gasteiger partial charge in [0.2, 0.25) is 0 Å². The predicted octanol–water partition coefficient (Wildman–Crippen LogP) is 10.0. The van der Waals surface area contributed by atoms with Crippen LogP contribution in [0.2, 0.25) is 0 Å². The van der Waals surface area contributed by atoms with Crippen LogP contribution in [-0.4, -0.2) is 26.4 Å². The van der Waals surface area contributed by atoms with Crippen molar-refractivity contribution in [3.05, 3.63) is 136 Å². The monoisotopic (exact) mass is 630 g/mol. The van der Waals surface area contributed by atoms with Crippen LogP contribution >= 0.6 is 0 Å². The zero-order chi connectivity index (χ0) is 33.6. The second-order valence-corrected chi connectivity index (χ2v) is 14.7. The number of nitrogens with zero attached hydrogens (tertiary/aromatic N) is 2. The molecule has 47 heavy (non-hydrogen) atoms. The van der Waals surface area contributed by atoms with E-state index in [2.05, 4.69) is 132 Å². The fourth-order valence-corrected chi connectivity index (χ4v) is 8.32. The van der Waals surface area contributed by atoms with Crippen LogP contribution in [0.5, 0.6) is 0 Å². The van der Waals surface area contributed by atoms with Gasteiger partial charge in [-0.05, 0) is 84.2 Å². The molecule has 0 saturated heterocycles. The van der Waals surface area contributed by atoms with Crippen molar-refractivity contribution in [3.8, 4) is 0 Å². The van der Waals surface area contributed by atoms with Gasteiger partial charge in [-0.2, -0.15) is 0 Å². The van der Waals surface area contributed by atoms with Gasteiger partial charge in [-0.1, -0.05) is 108 Å². The Bertz CT molecular complexity index is 1800. The van der Waals surface area contributed by atoms with E-state index in [4.69, 9.17) is 0 Å². The molecule has 3 aromatic carbocycles. The molecule has 0 N–H and O–H groups in total. The highest BCUT2D eigenvalue weighted by molar-refractivity contribution is 6.21. The SMILES string of the molecule is BC1(/C=C/C2=C(c3cccc(F)c3F)C(=C/C=C3/N(CCC)c4ccccc4C3(C)C)/CCC2)N(CCC)c2ccccc2C1(C)C. The molecule has 1 aliphatic carbocycles. The van der Waals surface area contributed by atoms with E-state index < -0.39 is 11.6 Å². The van der Waals surface area contributed by atoms with Crippen molar-refractivity contribution in [2.24, 2.45) is 0 Å². The van der Waals surface area contributed by atoms with Crippen LogP contribution in [-0.2, 0) is 10.8 Å². The molecule has 5 heteroatoms. The number of anilines is 2. The predicted molar refractivity (Wildman–Crippen MR) is 198 cm³/mol. The Morgan fingerprint density at radius 3 is 2.19 bits per heavy atom. The van der Waals surface area contributed by atoms with Crippen LogP contribution in [0.4, 0.5) is 20.2 Å². The third-order valence-electron chi connectivity index (χ3n) is 11.2. The lowest BCUT2D eigenvalue weighted by Crippen LogP contribution is -2.55. The second kappa shape index (κ2) is 12.6. The summed E-state index contributed by atoms with van der Waals surface area (Å²) in [4.78, 5) is 4.97. The van der Waals surface area contributed by atoms with E-state index in [9.17, 15) is 4.39 Å². The molecule has 6 rings (SSSR count). The molecule has 2 aliphatic heterocycles. The molecule has 2 nitrogen and oxygen atoms in total. The Balaban J connectivity index is 1.50. The molecule has 0 aromatic heterocycles. The molecule has 1 unspecified atom stereocenters. The molecule has 2 heterocycles. The van der Waals surface area contributed by atoms with Crippen LogP contribution < -0.4 is 9.80 Å². The number of hydrogen-bond acceptors (Lipinski definition) is 2. The number of rotatable bonds is 8. The van der Waals surface area contributed by atoms with Gasteiger partial charge in [-0.15, -0.1) is 0 Å². The third-order valence-corrected chi connectivity index (χ3v) is 11.2. The Labute approximate surface area is 282 Å². The van der Waals surface area contributed by atoms with Crippen molar-refractivity contribution in [1.29, 1.82) is 0 Å². The number of halogens is 2. The summed E-state index contributed by atoms with van der Waals surface area (Å²) in [7, 11) is 2.33. The third kappa shape index (κ3) is 5.40. The summed E-state index contributed by atoms with van der Waals surface area (Å²) in [6, 6.07) is 22.0. The first-order chi connectivity index (χ1) is 22.5. The molecule has 0 bridgehead atoms. The highest BCUT2D eigenvalue weighted by atomic mass is 19.2. The average molecular weight is 631 g/mol. The van der Waals surface area contributed by atoms with Crippen LogP contribution in [0, 0.1) is 11.6 Å². The van der Waals surface area contributed by atoms with Gasteiger partial charge < -0.3 is 9.80 Å². The number of allylic oxidation sites excluding steroid dienone is 7. The Morgan fingerprint density at radius 2 is 1.47 bits per heavy atom. The number of para-hydroxylation sites is 2. The summed E-state index contributed by atoms with van der Waals surface area (Å²) in [5.74, 6) is -1.58. The van der Waals surface area contributed by atoms with Gasteiger partial charge in [0.1, 0.15) is 7.85 Å². The summed E-state index contributed by atoms with van der Waals surface area (Å²) in [6.45, 7) is 15.5. The summed E-state index contributed by atoms with van der Waals surface area (Å²) in [5.41, 5.74) is 9.12. The number of hydrogen-bond donors (Lipinski definition) is 0. The minimum Gasteiger partial charge on any atom is -0.369 e. The van der Waals surface area contributed by atoms with E-state index in [1.54, 1.807) is 12.1 Å². The molecule has 3 aliphatic rings. The van der Waals surface area contributed by atoms with E-state index in [-0.39, 0.29) is 16.3 Å². The molecule has 0 amide bonds. The van der Waals surface area contributed by atoms with Gasteiger partial charge in [0.15, 0.2) is 11.6 Å². The molecular weight excluding hydrogens is 581 g/mol. The van der Waals surface area contributed by atoms with Crippen molar-refractivity contribution < 1.29 is 8.78 Å². The minimum absolute atomic E-state index is 0.149. The summed E-state index contributed by atoms with van der Waals surface area (Å²) >= 11 is 0. The Hall–Kier alpha value is -3.86. The minimum atomic E-state index is -0.809. The molecule has 0 spiro atoms. The van der Waals surface area contributed by atoms with Crippen molar-refractivity contribution in [2.75, 3.05) is 22.9 Å². The van der Waals surface area contributed by atoms with Crippen LogP contribution in [0.25, 0.3) is 5.57 Å². The van der Waals surface area contributed by atoms with Crippen molar-refractivity contribution in [2.45, 2.75) is 89.9 Å². The smallest absolute Gasteiger partial charge is 0.166 e. The highest BCUT2D eigenvalue weighted by Gasteiger charge is 2.51. The first kappa shape index (κ1) is 33.1. The molecule has 3 aromatic rings. The van der Waals surface area contributed by atoms with E-state index in [1.165, 1.54) is 34.3 Å². The second-order valence-electron chi connectivity index (χ2n) is 14.7. The van der Waals surface area contributed by atoms with E-state index in [0.717, 1.165) is 61.9 Å². The normalized spacial score (nSPS) is 23.3. The largest absolute Gasteiger partial charge is 0.369 e.